The van der Waals surface area contributed by atoms with Gasteiger partial charge in [-0.05, 0) is 30.5 Å². The molecule has 1 heterocycles. The Morgan fingerprint density at radius 3 is 2.54 bits per heavy atom. The lowest BCUT2D eigenvalue weighted by molar-refractivity contribution is -0.120. The van der Waals surface area contributed by atoms with Crippen molar-refractivity contribution >= 4 is 21.6 Å². The van der Waals surface area contributed by atoms with Crippen molar-refractivity contribution in [2.45, 2.75) is 26.8 Å². The highest BCUT2D eigenvalue weighted by molar-refractivity contribution is 7.92. The number of sulfonamides is 1. The molecular weight excluding hydrogens is 354 g/mol. The number of aryl methyl sites for hydroxylation is 2. The van der Waals surface area contributed by atoms with Crippen LogP contribution < -0.4 is 9.62 Å². The molecule has 0 bridgehead atoms. The third-order valence-electron chi connectivity index (χ3n) is 3.98. The van der Waals surface area contributed by atoms with Crippen LogP contribution >= 0.6 is 0 Å². The zero-order chi connectivity index (χ0) is 19.5. The van der Waals surface area contributed by atoms with Crippen LogP contribution in [0.2, 0.25) is 0 Å². The molecule has 0 aliphatic rings. The molecule has 2 aromatic rings. The maximum atomic E-state index is 12.6. The molecule has 0 aliphatic heterocycles. The highest BCUT2D eigenvalue weighted by Crippen LogP contribution is 2.21. The lowest BCUT2D eigenvalue weighted by Gasteiger charge is -2.25. The first-order chi connectivity index (χ1) is 12.1. The van der Waals surface area contributed by atoms with Crippen LogP contribution in [0.1, 0.15) is 31.3 Å². The normalized spacial score (nSPS) is 12.8. The standard InChI is InChI=1S/C17H25N5O3S/c1-12(2)16(17-18-11-19-21(17)4)20-15(23)10-22(26(5,24)25)14-8-6-7-13(3)9-14/h6-9,11-12,16H,10H2,1-5H3,(H,20,23)/t16-/m0/s1. The molecule has 142 valence electrons. The largest absolute Gasteiger partial charge is 0.344 e. The fourth-order valence-electron chi connectivity index (χ4n) is 2.65. The van der Waals surface area contributed by atoms with Crippen molar-refractivity contribution in [3.63, 3.8) is 0 Å². The summed E-state index contributed by atoms with van der Waals surface area (Å²) in [5.41, 5.74) is 1.37. The van der Waals surface area contributed by atoms with Gasteiger partial charge in [0.05, 0.1) is 18.0 Å². The van der Waals surface area contributed by atoms with Gasteiger partial charge < -0.3 is 5.32 Å². The molecule has 26 heavy (non-hydrogen) atoms. The van der Waals surface area contributed by atoms with Gasteiger partial charge in [-0.1, -0.05) is 26.0 Å². The second kappa shape index (κ2) is 7.86. The smallest absolute Gasteiger partial charge is 0.241 e. The summed E-state index contributed by atoms with van der Waals surface area (Å²) in [6, 6.07) is 6.67. The Hall–Kier alpha value is -2.42. The van der Waals surface area contributed by atoms with Gasteiger partial charge in [-0.2, -0.15) is 5.10 Å². The fraction of sp³-hybridized carbons (Fsp3) is 0.471. The number of aromatic nitrogens is 3. The summed E-state index contributed by atoms with van der Waals surface area (Å²) in [5.74, 6) is 0.279. The van der Waals surface area contributed by atoms with Crippen LogP contribution in [-0.2, 0) is 21.9 Å². The number of anilines is 1. The molecular formula is C17H25N5O3S. The highest BCUT2D eigenvalue weighted by atomic mass is 32.2. The maximum Gasteiger partial charge on any atom is 0.241 e. The highest BCUT2D eigenvalue weighted by Gasteiger charge is 2.26. The van der Waals surface area contributed by atoms with E-state index >= 15 is 0 Å². The molecule has 1 aromatic carbocycles. The Balaban J connectivity index is 2.23. The number of benzene rings is 1. The first kappa shape index (κ1) is 19.9. The number of amides is 1. The number of nitrogens with one attached hydrogen (secondary N) is 1. The minimum atomic E-state index is -3.61. The quantitative estimate of drug-likeness (QED) is 0.784. The molecule has 1 N–H and O–H groups in total. The molecule has 0 unspecified atom stereocenters. The van der Waals surface area contributed by atoms with Crippen LogP contribution in [0.15, 0.2) is 30.6 Å². The van der Waals surface area contributed by atoms with Gasteiger partial charge in [0.15, 0.2) is 0 Å². The van der Waals surface area contributed by atoms with Gasteiger partial charge in [-0.25, -0.2) is 13.4 Å². The number of hydrogen-bond donors (Lipinski definition) is 1. The van der Waals surface area contributed by atoms with Crippen molar-refractivity contribution in [1.29, 1.82) is 0 Å². The molecule has 0 aliphatic carbocycles. The second-order valence-electron chi connectivity index (χ2n) is 6.64. The number of rotatable bonds is 7. The van der Waals surface area contributed by atoms with E-state index in [-0.39, 0.29) is 18.5 Å². The van der Waals surface area contributed by atoms with Gasteiger partial charge in [0.1, 0.15) is 18.7 Å². The van der Waals surface area contributed by atoms with Crippen molar-refractivity contribution < 1.29 is 13.2 Å². The van der Waals surface area contributed by atoms with Crippen molar-refractivity contribution in [3.05, 3.63) is 42.0 Å². The molecule has 1 amide bonds. The van der Waals surface area contributed by atoms with Crippen LogP contribution in [0.25, 0.3) is 0 Å². The van der Waals surface area contributed by atoms with Gasteiger partial charge in [0.2, 0.25) is 15.9 Å². The molecule has 2 rings (SSSR count). The molecule has 0 saturated heterocycles. The zero-order valence-electron chi connectivity index (χ0n) is 15.7. The minimum absolute atomic E-state index is 0.0625. The number of nitrogens with zero attached hydrogens (tertiary/aromatic N) is 4. The van der Waals surface area contributed by atoms with E-state index in [0.717, 1.165) is 16.1 Å². The van der Waals surface area contributed by atoms with Gasteiger partial charge >= 0.3 is 0 Å². The Morgan fingerprint density at radius 2 is 2.04 bits per heavy atom. The summed E-state index contributed by atoms with van der Waals surface area (Å²) in [7, 11) is -1.86. The summed E-state index contributed by atoms with van der Waals surface area (Å²) in [5, 5.41) is 6.91. The van der Waals surface area contributed by atoms with E-state index in [1.165, 1.54) is 6.33 Å². The molecule has 0 fully saturated rings. The van der Waals surface area contributed by atoms with Crippen LogP contribution in [-0.4, -0.2) is 41.9 Å². The van der Waals surface area contributed by atoms with Crippen LogP contribution in [0, 0.1) is 12.8 Å². The van der Waals surface area contributed by atoms with E-state index in [4.69, 9.17) is 0 Å². The van der Waals surface area contributed by atoms with E-state index in [1.54, 1.807) is 29.9 Å². The predicted octanol–water partition coefficient (Wildman–Crippen LogP) is 1.40. The van der Waals surface area contributed by atoms with Crippen molar-refractivity contribution in [2.24, 2.45) is 13.0 Å². The van der Waals surface area contributed by atoms with Crippen molar-refractivity contribution in [1.82, 2.24) is 20.1 Å². The zero-order valence-corrected chi connectivity index (χ0v) is 16.5. The number of carbonyl (C=O) groups is 1. The second-order valence-corrected chi connectivity index (χ2v) is 8.55. The van der Waals surface area contributed by atoms with Crippen molar-refractivity contribution in [3.8, 4) is 0 Å². The average molecular weight is 379 g/mol. The van der Waals surface area contributed by atoms with E-state index in [1.807, 2.05) is 26.8 Å². The average Bonchev–Trinajstić information content (AvgIpc) is 2.94. The first-order valence-electron chi connectivity index (χ1n) is 8.27. The molecule has 1 aromatic heterocycles. The molecule has 1 atom stereocenters. The summed E-state index contributed by atoms with van der Waals surface area (Å²) in [4.78, 5) is 16.8. The lowest BCUT2D eigenvalue weighted by Crippen LogP contribution is -2.43. The number of carbonyl (C=O) groups excluding carboxylic acids is 1. The van der Waals surface area contributed by atoms with Crippen LogP contribution in [0.4, 0.5) is 5.69 Å². The number of hydrogen-bond acceptors (Lipinski definition) is 5. The van der Waals surface area contributed by atoms with E-state index in [9.17, 15) is 13.2 Å². The first-order valence-corrected chi connectivity index (χ1v) is 10.1. The Kier molecular flexibility index (Phi) is 6.01. The summed E-state index contributed by atoms with van der Waals surface area (Å²) < 4.78 is 27.1. The Bertz CT molecular complexity index is 876. The van der Waals surface area contributed by atoms with Gasteiger partial charge in [-0.3, -0.25) is 13.8 Å². The SMILES string of the molecule is Cc1cccc(N(CC(=O)N[C@H](c2ncnn2C)C(C)C)S(C)(=O)=O)c1. The van der Waals surface area contributed by atoms with Crippen LogP contribution in [0.3, 0.4) is 0 Å². The third-order valence-corrected chi connectivity index (χ3v) is 5.13. The summed E-state index contributed by atoms with van der Waals surface area (Å²) in [6.45, 7) is 5.47. The topological polar surface area (TPSA) is 97.2 Å². The van der Waals surface area contributed by atoms with Crippen LogP contribution in [0.5, 0.6) is 0 Å². The lowest BCUT2D eigenvalue weighted by atomic mass is 10.0. The summed E-state index contributed by atoms with van der Waals surface area (Å²) >= 11 is 0. The Morgan fingerprint density at radius 1 is 1.35 bits per heavy atom. The fourth-order valence-corrected chi connectivity index (χ4v) is 3.50. The van der Waals surface area contributed by atoms with Gasteiger partial charge in [0.25, 0.3) is 0 Å². The van der Waals surface area contributed by atoms with Gasteiger partial charge in [-0.15, -0.1) is 0 Å². The summed E-state index contributed by atoms with van der Waals surface area (Å²) in [6.07, 6.45) is 2.51. The van der Waals surface area contributed by atoms with Crippen molar-refractivity contribution in [2.75, 3.05) is 17.1 Å². The Labute approximate surface area is 154 Å². The van der Waals surface area contributed by atoms with E-state index in [0.29, 0.717) is 11.5 Å². The predicted molar refractivity (Wildman–Crippen MR) is 100 cm³/mol. The van der Waals surface area contributed by atoms with E-state index in [2.05, 4.69) is 15.4 Å². The monoisotopic (exact) mass is 379 g/mol. The van der Waals surface area contributed by atoms with Gasteiger partial charge in [0, 0.05) is 7.05 Å². The molecule has 9 heteroatoms. The minimum Gasteiger partial charge on any atom is -0.344 e. The molecule has 0 radical (unpaired) electrons. The molecule has 0 spiro atoms. The maximum absolute atomic E-state index is 12.6. The third kappa shape index (κ3) is 4.81. The van der Waals surface area contributed by atoms with E-state index < -0.39 is 15.9 Å². The molecule has 0 saturated carbocycles. The molecule has 8 nitrogen and oxygen atoms in total.